The molecular formula is C16H22N2O5S2. The molecule has 4 saturated heterocycles. The van der Waals surface area contributed by atoms with Gasteiger partial charge in [-0.2, -0.15) is 5.10 Å². The Bertz CT molecular complexity index is 675. The molecular weight excluding hydrogens is 364 g/mol. The molecule has 0 aromatic rings. The van der Waals surface area contributed by atoms with Crippen LogP contribution in [0.2, 0.25) is 0 Å². The number of hydrogen-bond acceptors (Lipinski definition) is 9. The van der Waals surface area contributed by atoms with Gasteiger partial charge < -0.3 is 14.6 Å². The highest BCUT2D eigenvalue weighted by atomic mass is 32.2. The standard InChI is InChI=1S/C16H22N2O5S2/c1-8-4-5-10-11-16(19,25-13(24-3)18-17-11)21-12-15(10)9(8)6-7-14(2,20-12)22-23-15/h8-10,12,19H,4-7H2,1-3H3/t8-,9?,10+,12+,14-,15-,16?/m1/s1. The third-order valence-corrected chi connectivity index (χ3v) is 8.30. The van der Waals surface area contributed by atoms with Crippen molar-refractivity contribution in [2.75, 3.05) is 6.26 Å². The van der Waals surface area contributed by atoms with Crippen LogP contribution >= 0.6 is 23.5 Å². The van der Waals surface area contributed by atoms with Gasteiger partial charge in [0.25, 0.3) is 5.12 Å². The number of rotatable bonds is 0. The van der Waals surface area contributed by atoms with Gasteiger partial charge in [0, 0.05) is 12.3 Å². The SMILES string of the molecule is CSC1=NN=C2[C@@H]3CC[C@@H](C)C4CC[C@@]5(C)OO[C@]43[C@H](OC2(O)S1)O5. The molecule has 5 fully saturated rings. The van der Waals surface area contributed by atoms with Crippen LogP contribution < -0.4 is 0 Å². The third-order valence-electron chi connectivity index (χ3n) is 6.28. The van der Waals surface area contributed by atoms with E-state index in [9.17, 15) is 5.11 Å². The van der Waals surface area contributed by atoms with Crippen molar-refractivity contribution in [1.29, 1.82) is 0 Å². The van der Waals surface area contributed by atoms with E-state index in [1.54, 1.807) is 0 Å². The molecule has 25 heavy (non-hydrogen) atoms. The van der Waals surface area contributed by atoms with Crippen molar-refractivity contribution in [1.82, 2.24) is 0 Å². The van der Waals surface area contributed by atoms with E-state index in [1.165, 1.54) is 23.5 Å². The van der Waals surface area contributed by atoms with Crippen molar-refractivity contribution in [2.45, 2.75) is 62.3 Å². The molecule has 2 bridgehead atoms. The lowest BCUT2D eigenvalue weighted by Crippen LogP contribution is -2.73. The molecule has 1 saturated carbocycles. The van der Waals surface area contributed by atoms with Crippen molar-refractivity contribution in [3.05, 3.63) is 0 Å². The van der Waals surface area contributed by atoms with E-state index in [4.69, 9.17) is 19.2 Å². The predicted molar refractivity (Wildman–Crippen MR) is 94.8 cm³/mol. The van der Waals surface area contributed by atoms with Crippen molar-refractivity contribution < 1.29 is 24.4 Å². The van der Waals surface area contributed by atoms with E-state index in [2.05, 4.69) is 17.1 Å². The highest BCUT2D eigenvalue weighted by Gasteiger charge is 2.72. The number of nitrogens with zero attached hydrogens (tertiary/aromatic N) is 2. The molecule has 9 heteroatoms. The molecule has 5 heterocycles. The fourth-order valence-electron chi connectivity index (χ4n) is 5.00. The summed E-state index contributed by atoms with van der Waals surface area (Å²) >= 11 is 2.63. The Balaban J connectivity index is 1.66. The minimum absolute atomic E-state index is 0.139. The summed E-state index contributed by atoms with van der Waals surface area (Å²) in [6.45, 7) is 4.12. The van der Waals surface area contributed by atoms with Gasteiger partial charge in [0.05, 0.1) is 0 Å². The van der Waals surface area contributed by atoms with Crippen LogP contribution in [0.5, 0.6) is 0 Å². The van der Waals surface area contributed by atoms with Crippen LogP contribution in [0, 0.1) is 17.8 Å². The predicted octanol–water partition coefficient (Wildman–Crippen LogP) is 2.70. The molecule has 138 valence electrons. The summed E-state index contributed by atoms with van der Waals surface area (Å²) in [5, 5.41) is 18.3. The van der Waals surface area contributed by atoms with Crippen LogP contribution in [0.4, 0.5) is 0 Å². The van der Waals surface area contributed by atoms with E-state index in [0.29, 0.717) is 16.0 Å². The summed E-state index contributed by atoms with van der Waals surface area (Å²) in [4.78, 5) is 11.8. The maximum atomic E-state index is 11.2. The summed E-state index contributed by atoms with van der Waals surface area (Å²) in [7, 11) is 0. The van der Waals surface area contributed by atoms with Gasteiger partial charge in [0.2, 0.25) is 5.79 Å². The number of hydrogen-bond donors (Lipinski definition) is 1. The first-order valence-electron chi connectivity index (χ1n) is 8.74. The maximum absolute atomic E-state index is 11.2. The summed E-state index contributed by atoms with van der Waals surface area (Å²) in [5.41, 5.74) is -0.243. The second-order valence-electron chi connectivity index (χ2n) is 7.71. The van der Waals surface area contributed by atoms with Gasteiger partial charge in [-0.1, -0.05) is 6.92 Å². The fraction of sp³-hybridized carbons (Fsp3) is 0.875. The summed E-state index contributed by atoms with van der Waals surface area (Å²) in [5.74, 6) is -0.301. The molecule has 0 radical (unpaired) electrons. The van der Waals surface area contributed by atoms with Gasteiger partial charge in [-0.3, -0.25) is 0 Å². The monoisotopic (exact) mass is 386 g/mol. The normalized spacial score (nSPS) is 54.1. The molecule has 6 rings (SSSR count). The second-order valence-corrected chi connectivity index (χ2v) is 9.91. The maximum Gasteiger partial charge on any atom is 0.268 e. The van der Waals surface area contributed by atoms with Crippen LogP contribution in [0.25, 0.3) is 0 Å². The average molecular weight is 386 g/mol. The summed E-state index contributed by atoms with van der Waals surface area (Å²) < 4.78 is 13.0. The fourth-order valence-corrected chi connectivity index (χ4v) is 6.54. The highest BCUT2D eigenvalue weighted by Crippen LogP contribution is 2.61. The first kappa shape index (κ1) is 17.0. The zero-order valence-corrected chi connectivity index (χ0v) is 16.1. The zero-order valence-electron chi connectivity index (χ0n) is 14.4. The number of thioether (sulfide) groups is 2. The van der Waals surface area contributed by atoms with E-state index >= 15 is 0 Å². The molecule has 1 aliphatic carbocycles. The molecule has 6 aliphatic rings. The Morgan fingerprint density at radius 2 is 2.04 bits per heavy atom. The molecule has 0 amide bonds. The summed E-state index contributed by atoms with van der Waals surface area (Å²) in [6, 6.07) is 0. The Kier molecular flexibility index (Phi) is 3.69. The van der Waals surface area contributed by atoms with Crippen LogP contribution in [0.15, 0.2) is 10.2 Å². The van der Waals surface area contributed by atoms with Gasteiger partial charge in [-0.15, -0.1) is 16.9 Å². The molecule has 1 N–H and O–H groups in total. The second kappa shape index (κ2) is 5.43. The van der Waals surface area contributed by atoms with Crippen molar-refractivity contribution in [3.63, 3.8) is 0 Å². The lowest BCUT2D eigenvalue weighted by atomic mass is 9.60. The molecule has 0 aromatic carbocycles. The molecule has 0 aromatic heterocycles. The van der Waals surface area contributed by atoms with Crippen LogP contribution in [0.1, 0.15) is 39.5 Å². The minimum Gasteiger partial charge on any atom is -0.352 e. The van der Waals surface area contributed by atoms with E-state index in [1.807, 2.05) is 13.2 Å². The largest absolute Gasteiger partial charge is 0.352 e. The van der Waals surface area contributed by atoms with Crippen molar-refractivity contribution in [2.24, 2.45) is 28.0 Å². The van der Waals surface area contributed by atoms with Gasteiger partial charge in [0.15, 0.2) is 16.3 Å². The molecule has 1 spiro atoms. The lowest BCUT2D eigenvalue weighted by Gasteiger charge is -2.59. The summed E-state index contributed by atoms with van der Waals surface area (Å²) in [6.07, 6.45) is 4.77. The zero-order chi connectivity index (χ0) is 17.4. The van der Waals surface area contributed by atoms with Gasteiger partial charge >= 0.3 is 0 Å². The Morgan fingerprint density at radius 3 is 2.84 bits per heavy atom. The van der Waals surface area contributed by atoms with Gasteiger partial charge in [0.1, 0.15) is 5.71 Å². The first-order chi connectivity index (χ1) is 11.9. The topological polar surface area (TPSA) is 81.9 Å². The minimum atomic E-state index is -1.56. The number of fused-ring (bicyclic) bond motifs is 4. The molecule has 2 unspecified atom stereocenters. The Hall–Kier alpha value is -0.160. The van der Waals surface area contributed by atoms with Crippen molar-refractivity contribution in [3.8, 4) is 0 Å². The average Bonchev–Trinajstić information content (AvgIpc) is 2.80. The lowest BCUT2D eigenvalue weighted by molar-refractivity contribution is -0.564. The number of aliphatic hydroxyl groups is 1. The van der Waals surface area contributed by atoms with Crippen LogP contribution in [-0.4, -0.2) is 44.2 Å². The van der Waals surface area contributed by atoms with Gasteiger partial charge in [-0.25, -0.2) is 9.78 Å². The van der Waals surface area contributed by atoms with E-state index < -0.39 is 22.8 Å². The van der Waals surface area contributed by atoms with E-state index in [0.717, 1.165) is 25.7 Å². The first-order valence-corrected chi connectivity index (χ1v) is 10.8. The molecule has 7 atom stereocenters. The third kappa shape index (κ3) is 2.20. The highest BCUT2D eigenvalue weighted by molar-refractivity contribution is 8.39. The van der Waals surface area contributed by atoms with Crippen LogP contribution in [0.3, 0.4) is 0 Å². The Labute approximate surface area is 154 Å². The van der Waals surface area contributed by atoms with Crippen molar-refractivity contribution >= 4 is 33.6 Å². The quantitative estimate of drug-likeness (QED) is 0.641. The molecule has 5 aliphatic heterocycles. The van der Waals surface area contributed by atoms with Gasteiger partial charge in [-0.05, 0) is 56.0 Å². The smallest absolute Gasteiger partial charge is 0.268 e. The molecule has 7 nitrogen and oxygen atoms in total. The van der Waals surface area contributed by atoms with Crippen LogP contribution in [-0.2, 0) is 19.2 Å². The Morgan fingerprint density at radius 1 is 1.20 bits per heavy atom. The van der Waals surface area contributed by atoms with E-state index in [-0.39, 0.29) is 11.8 Å². The number of ether oxygens (including phenoxy) is 2.